The first-order valence-electron chi connectivity index (χ1n) is 7.84. The van der Waals surface area contributed by atoms with Crippen LogP contribution in [0, 0.1) is 0 Å². The van der Waals surface area contributed by atoms with Crippen LogP contribution in [0.25, 0.3) is 16.9 Å². The number of hydrogen-bond donors (Lipinski definition) is 1. The molecule has 0 aliphatic carbocycles. The molecule has 2 N–H and O–H groups in total. The molecule has 0 saturated heterocycles. The summed E-state index contributed by atoms with van der Waals surface area (Å²) in [4.78, 5) is 16.6. The Morgan fingerprint density at radius 2 is 1.88 bits per heavy atom. The minimum Gasteiger partial charge on any atom is -0.465 e. The van der Waals surface area contributed by atoms with Crippen molar-refractivity contribution in [1.82, 2.24) is 9.38 Å². The van der Waals surface area contributed by atoms with Crippen LogP contribution in [0.1, 0.15) is 12.6 Å². The number of carbonyl (C=O) groups is 1. The molecule has 1 unspecified atom stereocenters. The molecule has 2 aromatic heterocycles. The summed E-state index contributed by atoms with van der Waals surface area (Å²) in [5.41, 5.74) is 9.16. The summed E-state index contributed by atoms with van der Waals surface area (Å²) in [6.45, 7) is 2.04. The van der Waals surface area contributed by atoms with Crippen molar-refractivity contribution >= 4 is 34.8 Å². The number of rotatable bonds is 5. The predicted octanol–water partition coefficient (Wildman–Crippen LogP) is 3.74. The molecule has 0 aliphatic heterocycles. The quantitative estimate of drug-likeness (QED) is 0.687. The van der Waals surface area contributed by atoms with E-state index in [-0.39, 0.29) is 13.0 Å². The Kier molecular flexibility index (Phi) is 5.27. The molecule has 0 radical (unpaired) electrons. The van der Waals surface area contributed by atoms with Gasteiger partial charge in [-0.3, -0.25) is 4.79 Å². The van der Waals surface area contributed by atoms with Crippen LogP contribution in [0.3, 0.4) is 0 Å². The first-order chi connectivity index (χ1) is 12.0. The summed E-state index contributed by atoms with van der Waals surface area (Å²) in [5.74, 6) is -0.443. The van der Waals surface area contributed by atoms with E-state index in [0.717, 1.165) is 22.6 Å². The molecule has 7 heteroatoms. The van der Waals surface area contributed by atoms with Crippen LogP contribution in [-0.4, -0.2) is 28.0 Å². The second-order valence-corrected chi connectivity index (χ2v) is 6.43. The topological polar surface area (TPSA) is 69.6 Å². The standard InChI is InChI=1S/C18H17Cl2N3O2/c1-2-25-18(24)14(21)9-15-17(11-3-5-12(19)6-4-11)22-16-8-7-13(20)10-23(15)16/h3-8,10,14H,2,9,21H2,1H3. The van der Waals surface area contributed by atoms with Crippen LogP contribution in [0.2, 0.25) is 10.0 Å². The van der Waals surface area contributed by atoms with E-state index in [9.17, 15) is 4.79 Å². The zero-order valence-electron chi connectivity index (χ0n) is 13.6. The highest BCUT2D eigenvalue weighted by Gasteiger charge is 2.22. The Balaban J connectivity index is 2.09. The van der Waals surface area contributed by atoms with Gasteiger partial charge in [0.05, 0.1) is 23.0 Å². The maximum atomic E-state index is 11.9. The highest BCUT2D eigenvalue weighted by molar-refractivity contribution is 6.30. The summed E-state index contributed by atoms with van der Waals surface area (Å²) in [7, 11) is 0. The van der Waals surface area contributed by atoms with Gasteiger partial charge in [-0.15, -0.1) is 0 Å². The second kappa shape index (κ2) is 7.44. The largest absolute Gasteiger partial charge is 0.465 e. The predicted molar refractivity (Wildman–Crippen MR) is 99.0 cm³/mol. The van der Waals surface area contributed by atoms with Crippen molar-refractivity contribution in [3.63, 3.8) is 0 Å². The van der Waals surface area contributed by atoms with Crippen molar-refractivity contribution in [2.75, 3.05) is 6.61 Å². The second-order valence-electron chi connectivity index (χ2n) is 5.55. The summed E-state index contributed by atoms with van der Waals surface area (Å²) in [6.07, 6.45) is 2.04. The van der Waals surface area contributed by atoms with E-state index in [1.54, 1.807) is 31.3 Å². The molecule has 3 rings (SSSR count). The minimum absolute atomic E-state index is 0.276. The molecular formula is C18H17Cl2N3O2. The number of esters is 1. The van der Waals surface area contributed by atoms with E-state index >= 15 is 0 Å². The average Bonchev–Trinajstić information content (AvgIpc) is 2.93. The third-order valence-corrected chi connectivity index (χ3v) is 4.28. The Morgan fingerprint density at radius 3 is 2.56 bits per heavy atom. The molecule has 0 amide bonds. The molecule has 1 atom stereocenters. The lowest BCUT2D eigenvalue weighted by atomic mass is 10.1. The Morgan fingerprint density at radius 1 is 1.20 bits per heavy atom. The SMILES string of the molecule is CCOC(=O)C(N)Cc1c(-c2ccc(Cl)cc2)nc2ccc(Cl)cn12. The third-order valence-electron chi connectivity index (χ3n) is 3.80. The van der Waals surface area contributed by atoms with E-state index in [1.807, 2.05) is 22.6 Å². The minimum atomic E-state index is -0.787. The number of nitrogens with zero attached hydrogens (tertiary/aromatic N) is 2. The third kappa shape index (κ3) is 3.79. The van der Waals surface area contributed by atoms with E-state index in [2.05, 4.69) is 4.98 Å². The molecule has 25 heavy (non-hydrogen) atoms. The lowest BCUT2D eigenvalue weighted by Gasteiger charge is -2.12. The highest BCUT2D eigenvalue weighted by Crippen LogP contribution is 2.27. The van der Waals surface area contributed by atoms with Crippen molar-refractivity contribution in [2.45, 2.75) is 19.4 Å². The van der Waals surface area contributed by atoms with Gasteiger partial charge in [-0.25, -0.2) is 4.98 Å². The summed E-state index contributed by atoms with van der Waals surface area (Å²) < 4.78 is 6.86. The van der Waals surface area contributed by atoms with Gasteiger partial charge in [0.2, 0.25) is 0 Å². The monoisotopic (exact) mass is 377 g/mol. The van der Waals surface area contributed by atoms with E-state index in [4.69, 9.17) is 33.7 Å². The first kappa shape index (κ1) is 17.7. The molecule has 130 valence electrons. The molecule has 0 aliphatic rings. The Hall–Kier alpha value is -2.08. The number of fused-ring (bicyclic) bond motifs is 1. The molecule has 0 bridgehead atoms. The van der Waals surface area contributed by atoms with Gasteiger partial charge in [0.25, 0.3) is 0 Å². The van der Waals surface area contributed by atoms with E-state index in [0.29, 0.717) is 10.0 Å². The number of benzene rings is 1. The lowest BCUT2D eigenvalue weighted by molar-refractivity contribution is -0.144. The molecule has 5 nitrogen and oxygen atoms in total. The van der Waals surface area contributed by atoms with E-state index < -0.39 is 12.0 Å². The van der Waals surface area contributed by atoms with Crippen molar-refractivity contribution in [2.24, 2.45) is 5.73 Å². The van der Waals surface area contributed by atoms with Crippen LogP contribution >= 0.6 is 23.2 Å². The maximum Gasteiger partial charge on any atom is 0.323 e. The number of nitrogens with two attached hydrogens (primary N) is 1. The first-order valence-corrected chi connectivity index (χ1v) is 8.60. The van der Waals surface area contributed by atoms with E-state index in [1.165, 1.54) is 0 Å². The Labute approximate surface area is 155 Å². The highest BCUT2D eigenvalue weighted by atomic mass is 35.5. The molecule has 3 aromatic rings. The van der Waals surface area contributed by atoms with Crippen molar-refractivity contribution in [3.05, 3.63) is 58.3 Å². The van der Waals surface area contributed by atoms with Crippen LogP contribution < -0.4 is 5.73 Å². The molecule has 0 saturated carbocycles. The van der Waals surface area contributed by atoms with Crippen molar-refractivity contribution in [1.29, 1.82) is 0 Å². The van der Waals surface area contributed by atoms with Crippen LogP contribution in [0.5, 0.6) is 0 Å². The maximum absolute atomic E-state index is 11.9. The van der Waals surface area contributed by atoms with Gasteiger partial charge < -0.3 is 14.9 Å². The van der Waals surface area contributed by atoms with Crippen LogP contribution in [-0.2, 0) is 16.0 Å². The fourth-order valence-corrected chi connectivity index (χ4v) is 2.93. The molecule has 0 fully saturated rings. The van der Waals surface area contributed by atoms with Gasteiger partial charge in [0.15, 0.2) is 0 Å². The molecule has 1 aromatic carbocycles. The van der Waals surface area contributed by atoms with Gasteiger partial charge in [-0.2, -0.15) is 0 Å². The normalized spacial score (nSPS) is 12.3. The van der Waals surface area contributed by atoms with Gasteiger partial charge in [0.1, 0.15) is 11.7 Å². The average molecular weight is 378 g/mol. The van der Waals surface area contributed by atoms with Gasteiger partial charge in [-0.1, -0.05) is 35.3 Å². The number of aromatic nitrogens is 2. The van der Waals surface area contributed by atoms with Crippen LogP contribution in [0.4, 0.5) is 0 Å². The zero-order valence-corrected chi connectivity index (χ0v) is 15.1. The summed E-state index contributed by atoms with van der Waals surface area (Å²) in [6, 6.07) is 10.2. The number of ether oxygens (including phenoxy) is 1. The number of hydrogen-bond acceptors (Lipinski definition) is 4. The number of imidazole rings is 1. The van der Waals surface area contributed by atoms with Gasteiger partial charge >= 0.3 is 5.97 Å². The lowest BCUT2D eigenvalue weighted by Crippen LogP contribution is -2.34. The fourth-order valence-electron chi connectivity index (χ4n) is 2.64. The Bertz CT molecular complexity index is 907. The zero-order chi connectivity index (χ0) is 18.0. The van der Waals surface area contributed by atoms with Crippen LogP contribution in [0.15, 0.2) is 42.6 Å². The molecular weight excluding hydrogens is 361 g/mol. The van der Waals surface area contributed by atoms with Crippen molar-refractivity contribution in [3.8, 4) is 11.3 Å². The smallest absolute Gasteiger partial charge is 0.323 e. The van der Waals surface area contributed by atoms with Gasteiger partial charge in [0, 0.05) is 23.2 Å². The summed E-state index contributed by atoms with van der Waals surface area (Å²) in [5, 5.41) is 1.21. The molecule has 2 heterocycles. The number of carbonyl (C=O) groups excluding carboxylic acids is 1. The summed E-state index contributed by atoms with van der Waals surface area (Å²) >= 11 is 12.1. The number of halogens is 2. The fraction of sp³-hybridized carbons (Fsp3) is 0.222. The molecule has 0 spiro atoms. The van der Waals surface area contributed by atoms with Crippen molar-refractivity contribution < 1.29 is 9.53 Å². The van der Waals surface area contributed by atoms with Gasteiger partial charge in [-0.05, 0) is 31.2 Å². The number of pyridine rings is 1.